The molecule has 2 amide bonds. The number of carbonyl (C=O) groups excluding carboxylic acids is 1. The predicted molar refractivity (Wildman–Crippen MR) is 104 cm³/mol. The Bertz CT molecular complexity index is 560. The Hall–Kier alpha value is -1.11. The summed E-state index contributed by atoms with van der Waals surface area (Å²) >= 11 is 1.78. The topological polar surface area (TPSA) is 38.8 Å². The van der Waals surface area contributed by atoms with E-state index in [4.69, 9.17) is 0 Å². The lowest BCUT2D eigenvalue weighted by Gasteiger charge is -2.37. The minimum Gasteiger partial charge on any atom is -0.336 e. The van der Waals surface area contributed by atoms with E-state index in [1.54, 1.807) is 11.3 Å². The van der Waals surface area contributed by atoms with E-state index in [-0.39, 0.29) is 12.1 Å². The van der Waals surface area contributed by atoms with Gasteiger partial charge in [-0.1, -0.05) is 0 Å². The van der Waals surface area contributed by atoms with Gasteiger partial charge in [0.05, 0.1) is 6.04 Å². The summed E-state index contributed by atoms with van der Waals surface area (Å²) < 4.78 is 0. The van der Waals surface area contributed by atoms with Gasteiger partial charge < -0.3 is 20.0 Å². The van der Waals surface area contributed by atoms with Crippen molar-refractivity contribution in [3.05, 3.63) is 21.9 Å². The summed E-state index contributed by atoms with van der Waals surface area (Å²) in [6, 6.07) is 3.18. The Labute approximate surface area is 156 Å². The predicted octanol–water partition coefficient (Wildman–Crippen LogP) is 2.93. The van der Waals surface area contributed by atoms with Crippen LogP contribution in [0, 0.1) is 6.92 Å². The van der Waals surface area contributed by atoms with Crippen molar-refractivity contribution in [2.45, 2.75) is 44.7 Å². The van der Waals surface area contributed by atoms with Crippen LogP contribution in [0.2, 0.25) is 0 Å². The zero-order valence-corrected chi connectivity index (χ0v) is 16.6. The summed E-state index contributed by atoms with van der Waals surface area (Å²) in [7, 11) is 4.16. The number of hydrogen-bond donors (Lipinski definition) is 1. The molecule has 1 N–H and O–H groups in total. The molecule has 2 fully saturated rings. The Balaban J connectivity index is 1.48. The first-order valence-corrected chi connectivity index (χ1v) is 10.4. The smallest absolute Gasteiger partial charge is 0.317 e. The largest absolute Gasteiger partial charge is 0.336 e. The fourth-order valence-electron chi connectivity index (χ4n) is 4.07. The highest BCUT2D eigenvalue weighted by Crippen LogP contribution is 2.27. The van der Waals surface area contributed by atoms with Gasteiger partial charge in [-0.2, -0.15) is 0 Å². The Kier molecular flexibility index (Phi) is 6.36. The molecule has 25 heavy (non-hydrogen) atoms. The maximum absolute atomic E-state index is 12.6. The quantitative estimate of drug-likeness (QED) is 0.873. The fourth-order valence-corrected chi connectivity index (χ4v) is 5.20. The number of carbonyl (C=O) groups is 1. The SMILES string of the molecule is Cc1ccsc1C(CNC(=O)N1CCC(N2CCCC2)CC1)N(C)C. The fraction of sp³-hybridized carbons (Fsp3) is 0.737. The van der Waals surface area contributed by atoms with Crippen LogP contribution in [0.1, 0.15) is 42.2 Å². The van der Waals surface area contributed by atoms with E-state index in [2.05, 4.69) is 47.6 Å². The van der Waals surface area contributed by atoms with Crippen molar-refractivity contribution in [3.8, 4) is 0 Å². The van der Waals surface area contributed by atoms with Crippen LogP contribution < -0.4 is 5.32 Å². The van der Waals surface area contributed by atoms with Gasteiger partial charge in [0.25, 0.3) is 0 Å². The number of rotatable bonds is 5. The number of thiophene rings is 1. The van der Waals surface area contributed by atoms with Crippen LogP contribution in [0.25, 0.3) is 0 Å². The number of likely N-dealkylation sites (N-methyl/N-ethyl adjacent to an activating group) is 1. The van der Waals surface area contributed by atoms with Crippen molar-refractivity contribution in [1.82, 2.24) is 20.0 Å². The van der Waals surface area contributed by atoms with Gasteiger partial charge in [0.1, 0.15) is 0 Å². The maximum atomic E-state index is 12.6. The Morgan fingerprint density at radius 1 is 1.28 bits per heavy atom. The molecule has 0 aromatic carbocycles. The van der Waals surface area contributed by atoms with Gasteiger partial charge in [0.15, 0.2) is 0 Å². The summed E-state index contributed by atoms with van der Waals surface area (Å²) in [5.41, 5.74) is 1.31. The molecule has 6 heteroatoms. The molecular formula is C19H32N4OS. The number of nitrogens with zero attached hydrogens (tertiary/aromatic N) is 3. The molecule has 140 valence electrons. The number of hydrogen-bond acceptors (Lipinski definition) is 4. The van der Waals surface area contributed by atoms with E-state index in [0.717, 1.165) is 25.9 Å². The molecule has 2 aliphatic heterocycles. The molecular weight excluding hydrogens is 332 g/mol. The second-order valence-electron chi connectivity index (χ2n) is 7.59. The van der Waals surface area contributed by atoms with Gasteiger partial charge in [-0.25, -0.2) is 4.79 Å². The van der Waals surface area contributed by atoms with Gasteiger partial charge in [0.2, 0.25) is 0 Å². The number of urea groups is 1. The highest BCUT2D eigenvalue weighted by Gasteiger charge is 2.28. The number of likely N-dealkylation sites (tertiary alicyclic amines) is 2. The van der Waals surface area contributed by atoms with Crippen molar-refractivity contribution in [2.24, 2.45) is 0 Å². The van der Waals surface area contributed by atoms with Crippen LogP contribution in [-0.4, -0.2) is 73.6 Å². The zero-order chi connectivity index (χ0) is 17.8. The highest BCUT2D eigenvalue weighted by molar-refractivity contribution is 7.10. The van der Waals surface area contributed by atoms with Crippen molar-refractivity contribution in [1.29, 1.82) is 0 Å². The molecule has 2 saturated heterocycles. The van der Waals surface area contributed by atoms with Crippen LogP contribution in [0.5, 0.6) is 0 Å². The van der Waals surface area contributed by atoms with Crippen molar-refractivity contribution in [3.63, 3.8) is 0 Å². The van der Waals surface area contributed by atoms with Crippen LogP contribution >= 0.6 is 11.3 Å². The molecule has 1 aromatic rings. The van der Waals surface area contributed by atoms with Crippen LogP contribution in [0.3, 0.4) is 0 Å². The van der Waals surface area contributed by atoms with Crippen molar-refractivity contribution >= 4 is 17.4 Å². The summed E-state index contributed by atoms with van der Waals surface area (Å²) in [4.78, 5) is 20.8. The van der Waals surface area contributed by atoms with Crippen LogP contribution in [-0.2, 0) is 0 Å². The summed E-state index contributed by atoms with van der Waals surface area (Å²) in [6.07, 6.45) is 4.92. The zero-order valence-electron chi connectivity index (χ0n) is 15.8. The lowest BCUT2D eigenvalue weighted by molar-refractivity contribution is 0.132. The summed E-state index contributed by atoms with van der Waals surface area (Å²) in [5, 5.41) is 5.30. The molecule has 5 nitrogen and oxygen atoms in total. The summed E-state index contributed by atoms with van der Waals surface area (Å²) in [6.45, 7) is 7.09. The first-order valence-electron chi connectivity index (χ1n) is 9.53. The number of piperidine rings is 1. The van der Waals surface area contributed by atoms with E-state index in [1.165, 1.54) is 36.4 Å². The van der Waals surface area contributed by atoms with Crippen LogP contribution in [0.15, 0.2) is 11.4 Å². The van der Waals surface area contributed by atoms with E-state index >= 15 is 0 Å². The maximum Gasteiger partial charge on any atom is 0.317 e. The van der Waals surface area contributed by atoms with Gasteiger partial charge in [-0.05, 0) is 76.8 Å². The summed E-state index contributed by atoms with van der Waals surface area (Å²) in [5.74, 6) is 0. The van der Waals surface area contributed by atoms with E-state index in [0.29, 0.717) is 12.6 Å². The average molecular weight is 365 g/mol. The second kappa shape index (κ2) is 8.52. The Morgan fingerprint density at radius 2 is 1.96 bits per heavy atom. The minimum atomic E-state index is 0.0981. The van der Waals surface area contributed by atoms with Crippen LogP contribution in [0.4, 0.5) is 4.79 Å². The van der Waals surface area contributed by atoms with Gasteiger partial charge >= 0.3 is 6.03 Å². The molecule has 0 radical (unpaired) electrons. The third-order valence-electron chi connectivity index (χ3n) is 5.68. The van der Waals surface area contributed by atoms with E-state index < -0.39 is 0 Å². The molecule has 2 aliphatic rings. The van der Waals surface area contributed by atoms with Crippen molar-refractivity contribution in [2.75, 3.05) is 46.8 Å². The molecule has 1 unspecified atom stereocenters. The normalized spacial score (nSPS) is 21.0. The lowest BCUT2D eigenvalue weighted by Crippen LogP contribution is -2.50. The molecule has 0 bridgehead atoms. The first kappa shape index (κ1) is 18.7. The highest BCUT2D eigenvalue weighted by atomic mass is 32.1. The third kappa shape index (κ3) is 4.54. The Morgan fingerprint density at radius 3 is 2.52 bits per heavy atom. The molecule has 0 spiro atoms. The standard InChI is InChI=1S/C19H32N4OS/c1-15-8-13-25-18(15)17(21(2)3)14-20-19(24)23-11-6-16(7-12-23)22-9-4-5-10-22/h8,13,16-17H,4-7,9-12,14H2,1-3H3,(H,20,24). The van der Waals surface area contributed by atoms with E-state index in [9.17, 15) is 4.79 Å². The number of amides is 2. The average Bonchev–Trinajstić information content (AvgIpc) is 3.27. The molecule has 0 aliphatic carbocycles. The molecule has 1 aromatic heterocycles. The first-order chi connectivity index (χ1) is 12.1. The third-order valence-corrected chi connectivity index (χ3v) is 6.80. The van der Waals surface area contributed by atoms with Gasteiger partial charge in [0, 0.05) is 30.6 Å². The van der Waals surface area contributed by atoms with Gasteiger partial charge in [-0.3, -0.25) is 0 Å². The molecule has 3 rings (SSSR count). The number of aryl methyl sites for hydroxylation is 1. The minimum absolute atomic E-state index is 0.0981. The lowest BCUT2D eigenvalue weighted by atomic mass is 10.0. The van der Waals surface area contributed by atoms with Crippen molar-refractivity contribution < 1.29 is 4.79 Å². The molecule has 3 heterocycles. The molecule has 1 atom stereocenters. The van der Waals surface area contributed by atoms with Gasteiger partial charge in [-0.15, -0.1) is 11.3 Å². The molecule has 0 saturated carbocycles. The van der Waals surface area contributed by atoms with E-state index in [1.807, 2.05) is 4.90 Å². The second-order valence-corrected chi connectivity index (χ2v) is 8.54. The monoisotopic (exact) mass is 364 g/mol. The number of nitrogens with one attached hydrogen (secondary N) is 1.